The molecule has 0 saturated carbocycles. The molecule has 21 heavy (non-hydrogen) atoms. The first kappa shape index (κ1) is 13.6. The summed E-state index contributed by atoms with van der Waals surface area (Å²) in [6, 6.07) is 10.3. The van der Waals surface area contributed by atoms with Crippen molar-refractivity contribution < 1.29 is 8.42 Å². The largest absolute Gasteiger partial charge is 0.373 e. The minimum atomic E-state index is -3.56. The van der Waals surface area contributed by atoms with Gasteiger partial charge in [-0.05, 0) is 23.8 Å². The number of sulfonamides is 1. The van der Waals surface area contributed by atoms with E-state index in [1.54, 1.807) is 43.6 Å². The maximum Gasteiger partial charge on any atom is 0.267 e. The zero-order valence-corrected chi connectivity index (χ0v) is 12.2. The molecule has 1 aliphatic rings. The monoisotopic (exact) mass is 302 g/mol. The predicted molar refractivity (Wildman–Crippen MR) is 81.1 cm³/mol. The summed E-state index contributed by atoms with van der Waals surface area (Å²) in [6.07, 6.45) is 3.00. The van der Waals surface area contributed by atoms with Gasteiger partial charge in [-0.2, -0.15) is 0 Å². The van der Waals surface area contributed by atoms with Gasteiger partial charge < -0.3 is 5.32 Å². The molecule has 0 unspecified atom stereocenters. The second-order valence-electron chi connectivity index (χ2n) is 4.56. The molecule has 0 atom stereocenters. The van der Waals surface area contributed by atoms with Crippen molar-refractivity contribution in [3.05, 3.63) is 48.2 Å². The van der Waals surface area contributed by atoms with Crippen LogP contribution in [-0.2, 0) is 16.6 Å². The summed E-state index contributed by atoms with van der Waals surface area (Å²) >= 11 is 0. The smallest absolute Gasteiger partial charge is 0.267 e. The first-order chi connectivity index (χ1) is 10.1. The lowest BCUT2D eigenvalue weighted by atomic mass is 10.3. The average Bonchev–Trinajstić information content (AvgIpc) is 2.51. The Bertz CT molecular complexity index is 785. The van der Waals surface area contributed by atoms with Crippen LogP contribution in [-0.4, -0.2) is 31.1 Å². The second kappa shape index (κ2) is 5.17. The Kier molecular flexibility index (Phi) is 3.34. The molecule has 1 N–H and O–H groups in total. The van der Waals surface area contributed by atoms with Crippen LogP contribution in [0.1, 0.15) is 5.56 Å². The zero-order chi connectivity index (χ0) is 14.9. The van der Waals surface area contributed by atoms with E-state index >= 15 is 0 Å². The van der Waals surface area contributed by atoms with Crippen molar-refractivity contribution in [1.29, 1.82) is 0 Å². The highest BCUT2D eigenvalue weighted by Gasteiger charge is 2.28. The van der Waals surface area contributed by atoms with Gasteiger partial charge in [-0.1, -0.05) is 18.2 Å². The maximum absolute atomic E-state index is 12.5. The number of hydrogen-bond acceptors (Lipinski definition) is 5. The average molecular weight is 302 g/mol. The molecule has 0 spiro atoms. The third kappa shape index (κ3) is 2.47. The molecule has 1 aromatic heterocycles. The normalized spacial score (nSPS) is 15.6. The number of pyridine rings is 1. The van der Waals surface area contributed by atoms with E-state index in [2.05, 4.69) is 15.3 Å². The van der Waals surface area contributed by atoms with E-state index in [1.165, 1.54) is 10.6 Å². The highest BCUT2D eigenvalue weighted by molar-refractivity contribution is 7.89. The van der Waals surface area contributed by atoms with Crippen LogP contribution in [0.15, 0.2) is 52.5 Å². The number of benzene rings is 1. The number of nitrogens with one attached hydrogen (secondary N) is 1. The quantitative estimate of drug-likeness (QED) is 0.941. The van der Waals surface area contributed by atoms with Crippen molar-refractivity contribution in [1.82, 2.24) is 9.29 Å². The second-order valence-corrected chi connectivity index (χ2v) is 6.42. The van der Waals surface area contributed by atoms with Gasteiger partial charge in [0, 0.05) is 13.2 Å². The number of rotatable bonds is 3. The highest BCUT2D eigenvalue weighted by Crippen LogP contribution is 2.30. The standard InChI is InChI=1S/C14H14N4O2S/c1-15-14-7-6-11(8-16-14)9-18-10-17-12-4-2-3-5-13(12)21(18,19)20/h2-8,10H,9H2,1H3,(H,15,16). The molecule has 0 aliphatic carbocycles. The first-order valence-corrected chi connectivity index (χ1v) is 7.83. The summed E-state index contributed by atoms with van der Waals surface area (Å²) in [4.78, 5) is 8.60. The van der Waals surface area contributed by atoms with E-state index in [9.17, 15) is 8.42 Å². The lowest BCUT2D eigenvalue weighted by Gasteiger charge is -2.23. The molecule has 0 radical (unpaired) electrons. The van der Waals surface area contributed by atoms with Gasteiger partial charge in [0.05, 0.1) is 12.2 Å². The molecule has 108 valence electrons. The van der Waals surface area contributed by atoms with Crippen molar-refractivity contribution in [2.24, 2.45) is 4.99 Å². The Labute approximate surface area is 123 Å². The molecule has 3 rings (SSSR count). The predicted octanol–water partition coefficient (Wildman–Crippen LogP) is 1.99. The highest BCUT2D eigenvalue weighted by atomic mass is 32.2. The van der Waals surface area contributed by atoms with Gasteiger partial charge in [0.15, 0.2) is 0 Å². The molecule has 7 heteroatoms. The fourth-order valence-corrected chi connectivity index (χ4v) is 3.45. The molecule has 1 aliphatic heterocycles. The summed E-state index contributed by atoms with van der Waals surface area (Å²) in [5.74, 6) is 0.735. The number of anilines is 1. The van der Waals surface area contributed by atoms with Crippen LogP contribution in [0, 0.1) is 0 Å². The topological polar surface area (TPSA) is 74.7 Å². The number of aliphatic imine (C=N–C) groups is 1. The van der Waals surface area contributed by atoms with E-state index in [4.69, 9.17) is 0 Å². The van der Waals surface area contributed by atoms with E-state index in [0.717, 1.165) is 11.4 Å². The zero-order valence-electron chi connectivity index (χ0n) is 11.4. The molecule has 1 aromatic carbocycles. The van der Waals surface area contributed by atoms with Gasteiger partial charge in [-0.15, -0.1) is 0 Å². The van der Waals surface area contributed by atoms with E-state index in [1.807, 2.05) is 6.07 Å². The number of aromatic nitrogens is 1. The maximum atomic E-state index is 12.5. The van der Waals surface area contributed by atoms with Crippen LogP contribution in [0.2, 0.25) is 0 Å². The SMILES string of the molecule is CNc1ccc(CN2C=Nc3ccccc3S2(=O)=O)cn1. The van der Waals surface area contributed by atoms with Crippen LogP contribution in [0.5, 0.6) is 0 Å². The van der Waals surface area contributed by atoms with E-state index in [-0.39, 0.29) is 11.4 Å². The van der Waals surface area contributed by atoms with Crippen molar-refractivity contribution >= 4 is 27.9 Å². The summed E-state index contributed by atoms with van der Waals surface area (Å²) in [6.45, 7) is 0.206. The lowest BCUT2D eigenvalue weighted by molar-refractivity contribution is 0.521. The van der Waals surface area contributed by atoms with Crippen LogP contribution in [0.4, 0.5) is 11.5 Å². The molecular weight excluding hydrogens is 288 g/mol. The minimum absolute atomic E-state index is 0.206. The lowest BCUT2D eigenvalue weighted by Crippen LogP contribution is -2.31. The van der Waals surface area contributed by atoms with Crippen molar-refractivity contribution in [2.75, 3.05) is 12.4 Å². The molecule has 2 aromatic rings. The molecule has 0 fully saturated rings. The van der Waals surface area contributed by atoms with Gasteiger partial charge in [0.2, 0.25) is 0 Å². The molecule has 0 saturated heterocycles. The van der Waals surface area contributed by atoms with Crippen LogP contribution in [0.25, 0.3) is 0 Å². The van der Waals surface area contributed by atoms with Crippen molar-refractivity contribution in [2.45, 2.75) is 11.4 Å². The van der Waals surface area contributed by atoms with Gasteiger partial charge in [-0.25, -0.2) is 18.4 Å². The Morgan fingerprint density at radius 1 is 1.19 bits per heavy atom. The van der Waals surface area contributed by atoms with E-state index in [0.29, 0.717) is 5.69 Å². The van der Waals surface area contributed by atoms with Crippen LogP contribution < -0.4 is 5.32 Å². The summed E-state index contributed by atoms with van der Waals surface area (Å²) in [7, 11) is -1.78. The Balaban J connectivity index is 1.90. The molecule has 6 nitrogen and oxygen atoms in total. The third-order valence-electron chi connectivity index (χ3n) is 3.20. The summed E-state index contributed by atoms with van der Waals surface area (Å²) in [5.41, 5.74) is 1.26. The van der Waals surface area contributed by atoms with E-state index < -0.39 is 10.0 Å². The number of hydrogen-bond donors (Lipinski definition) is 1. The van der Waals surface area contributed by atoms with Crippen molar-refractivity contribution in [3.8, 4) is 0 Å². The van der Waals surface area contributed by atoms with Gasteiger partial charge in [0.25, 0.3) is 10.0 Å². The third-order valence-corrected chi connectivity index (χ3v) is 4.94. The summed E-state index contributed by atoms with van der Waals surface area (Å²) in [5, 5.41) is 2.92. The fourth-order valence-electron chi connectivity index (χ4n) is 2.07. The van der Waals surface area contributed by atoms with Crippen molar-refractivity contribution in [3.63, 3.8) is 0 Å². The van der Waals surface area contributed by atoms with Gasteiger partial charge in [-0.3, -0.25) is 4.31 Å². The molecular formula is C14H14N4O2S. The molecule has 2 heterocycles. The van der Waals surface area contributed by atoms with Gasteiger partial charge in [0.1, 0.15) is 17.1 Å². The summed E-state index contributed by atoms with van der Waals surface area (Å²) < 4.78 is 26.3. The Morgan fingerprint density at radius 2 is 2.00 bits per heavy atom. The number of nitrogens with zero attached hydrogens (tertiary/aromatic N) is 3. The van der Waals surface area contributed by atoms with Gasteiger partial charge >= 0.3 is 0 Å². The Morgan fingerprint density at radius 3 is 2.71 bits per heavy atom. The Hall–Kier alpha value is -2.41. The number of fused-ring (bicyclic) bond motifs is 1. The fraction of sp³-hybridized carbons (Fsp3) is 0.143. The number of para-hydroxylation sites is 1. The molecule has 0 amide bonds. The first-order valence-electron chi connectivity index (χ1n) is 6.39. The van der Waals surface area contributed by atoms with Crippen LogP contribution in [0.3, 0.4) is 0 Å². The van der Waals surface area contributed by atoms with Crippen LogP contribution >= 0.6 is 0 Å². The molecule has 0 bridgehead atoms. The minimum Gasteiger partial charge on any atom is -0.373 e.